The van der Waals surface area contributed by atoms with E-state index in [1.807, 2.05) is 51.1 Å². The first kappa shape index (κ1) is 19.7. The van der Waals surface area contributed by atoms with E-state index < -0.39 is 5.91 Å². The maximum Gasteiger partial charge on any atom is 0.257 e. The number of hydrogen-bond donors (Lipinski definition) is 2. The monoisotopic (exact) mass is 373 g/mol. The van der Waals surface area contributed by atoms with Crippen LogP contribution in [0.1, 0.15) is 36.7 Å². The number of nitrogens with zero attached hydrogens (tertiary/aromatic N) is 1. The van der Waals surface area contributed by atoms with Gasteiger partial charge in [-0.1, -0.05) is 30.3 Å². The summed E-state index contributed by atoms with van der Waals surface area (Å²) >= 11 is 4.72. The maximum absolute atomic E-state index is 12.2. The molecule has 26 heavy (non-hydrogen) atoms. The molecule has 0 fully saturated rings. The van der Waals surface area contributed by atoms with Crippen LogP contribution in [0.15, 0.2) is 42.5 Å². The van der Waals surface area contributed by atoms with Crippen molar-refractivity contribution in [2.75, 3.05) is 0 Å². The van der Waals surface area contributed by atoms with Gasteiger partial charge in [-0.15, -0.1) is 0 Å². The van der Waals surface area contributed by atoms with Gasteiger partial charge in [0.15, 0.2) is 5.11 Å². The van der Waals surface area contributed by atoms with Crippen molar-refractivity contribution < 1.29 is 14.3 Å². The van der Waals surface area contributed by atoms with Crippen molar-refractivity contribution in [3.05, 3.63) is 53.6 Å². The molecule has 0 bridgehead atoms. The number of carbonyl (C=O) groups excluding carboxylic acids is 1. The van der Waals surface area contributed by atoms with E-state index in [1.165, 1.54) is 6.07 Å². The summed E-state index contributed by atoms with van der Waals surface area (Å²) in [6.45, 7) is 5.70. The van der Waals surface area contributed by atoms with Gasteiger partial charge in [-0.05, 0) is 38.6 Å². The number of rotatable bonds is 7. The molecule has 1 aromatic heterocycles. The third-order valence-electron chi connectivity index (χ3n) is 3.32. The van der Waals surface area contributed by atoms with E-state index in [4.69, 9.17) is 27.4 Å². The van der Waals surface area contributed by atoms with Crippen molar-refractivity contribution in [2.24, 2.45) is 5.73 Å². The number of amides is 1. The summed E-state index contributed by atoms with van der Waals surface area (Å²) in [6.07, 6.45) is 0.489. The number of pyridine rings is 1. The predicted octanol–water partition coefficient (Wildman–Crippen LogP) is 2.85. The van der Waals surface area contributed by atoms with E-state index in [9.17, 15) is 4.79 Å². The number of hydrogen-bond acceptors (Lipinski definition) is 5. The molecule has 1 aromatic carbocycles. The Morgan fingerprint density at radius 3 is 2.35 bits per heavy atom. The Bertz CT molecular complexity index is 766. The molecule has 0 spiro atoms. The SMILES string of the molecule is CC(C)Oc1cc(C(=O)NC(N)=S)cc(OC(C)Cc2ccccc2)n1. The molecule has 0 radical (unpaired) electrons. The van der Waals surface area contributed by atoms with Gasteiger partial charge in [-0.3, -0.25) is 10.1 Å². The largest absolute Gasteiger partial charge is 0.475 e. The van der Waals surface area contributed by atoms with Crippen LogP contribution in [-0.4, -0.2) is 28.2 Å². The zero-order valence-electron chi connectivity index (χ0n) is 15.1. The second kappa shape index (κ2) is 9.15. The first-order valence-electron chi connectivity index (χ1n) is 8.33. The minimum atomic E-state index is -0.436. The molecular weight excluding hydrogens is 350 g/mol. The minimum Gasteiger partial charge on any atom is -0.475 e. The average Bonchev–Trinajstić information content (AvgIpc) is 2.54. The number of ether oxygens (including phenoxy) is 2. The van der Waals surface area contributed by atoms with Crippen molar-refractivity contribution >= 4 is 23.2 Å². The van der Waals surface area contributed by atoms with Gasteiger partial charge in [0.1, 0.15) is 6.10 Å². The Kier molecular flexibility index (Phi) is 6.91. The fourth-order valence-corrected chi connectivity index (χ4v) is 2.44. The lowest BCUT2D eigenvalue weighted by molar-refractivity contribution is 0.0975. The fraction of sp³-hybridized carbons (Fsp3) is 0.316. The Morgan fingerprint density at radius 1 is 1.15 bits per heavy atom. The van der Waals surface area contributed by atoms with Crippen molar-refractivity contribution in [3.63, 3.8) is 0 Å². The molecule has 1 amide bonds. The van der Waals surface area contributed by atoms with Gasteiger partial charge in [0.2, 0.25) is 11.8 Å². The molecule has 0 aliphatic rings. The van der Waals surface area contributed by atoms with Crippen molar-refractivity contribution in [2.45, 2.75) is 39.4 Å². The second-order valence-electron chi connectivity index (χ2n) is 6.14. The number of nitrogens with one attached hydrogen (secondary N) is 1. The van der Waals surface area contributed by atoms with Gasteiger partial charge in [-0.25, -0.2) is 0 Å². The maximum atomic E-state index is 12.2. The molecule has 0 saturated heterocycles. The van der Waals surface area contributed by atoms with Gasteiger partial charge >= 0.3 is 0 Å². The van der Waals surface area contributed by atoms with E-state index in [0.29, 0.717) is 23.7 Å². The second-order valence-corrected chi connectivity index (χ2v) is 6.58. The summed E-state index contributed by atoms with van der Waals surface area (Å²) in [5.41, 5.74) is 6.84. The molecule has 138 valence electrons. The summed E-state index contributed by atoms with van der Waals surface area (Å²) in [6, 6.07) is 13.1. The summed E-state index contributed by atoms with van der Waals surface area (Å²) in [5.74, 6) is 0.172. The molecule has 6 nitrogen and oxygen atoms in total. The van der Waals surface area contributed by atoms with E-state index in [1.54, 1.807) is 6.07 Å². The van der Waals surface area contributed by atoms with E-state index >= 15 is 0 Å². The van der Waals surface area contributed by atoms with Gasteiger partial charge in [0.05, 0.1) is 11.7 Å². The normalized spacial score (nSPS) is 11.7. The molecule has 3 N–H and O–H groups in total. The summed E-state index contributed by atoms with van der Waals surface area (Å²) in [5, 5.41) is 2.29. The Labute approximate surface area is 158 Å². The molecule has 7 heteroatoms. The zero-order chi connectivity index (χ0) is 19.1. The molecule has 2 aromatic rings. The van der Waals surface area contributed by atoms with Gasteiger partial charge in [-0.2, -0.15) is 4.98 Å². The van der Waals surface area contributed by atoms with Crippen molar-refractivity contribution in [1.82, 2.24) is 10.3 Å². The summed E-state index contributed by atoms with van der Waals surface area (Å²) < 4.78 is 11.5. The minimum absolute atomic E-state index is 0.0917. The molecule has 0 aliphatic heterocycles. The highest BCUT2D eigenvalue weighted by Gasteiger charge is 2.15. The highest BCUT2D eigenvalue weighted by molar-refractivity contribution is 7.80. The molecular formula is C19H23N3O3S. The van der Waals surface area contributed by atoms with E-state index in [0.717, 1.165) is 5.56 Å². The number of nitrogens with two attached hydrogens (primary N) is 1. The zero-order valence-corrected chi connectivity index (χ0v) is 15.9. The van der Waals surface area contributed by atoms with Crippen LogP contribution in [0.2, 0.25) is 0 Å². The lowest BCUT2D eigenvalue weighted by Gasteiger charge is -2.16. The molecule has 1 heterocycles. The Balaban J connectivity index is 2.19. The third kappa shape index (κ3) is 6.33. The number of benzene rings is 1. The van der Waals surface area contributed by atoms with Gasteiger partial charge in [0, 0.05) is 18.6 Å². The number of thiocarbonyl (C=S) groups is 1. The molecule has 1 atom stereocenters. The molecule has 2 rings (SSSR count). The van der Waals surface area contributed by atoms with E-state index in [2.05, 4.69) is 10.3 Å². The highest BCUT2D eigenvalue weighted by Crippen LogP contribution is 2.21. The average molecular weight is 373 g/mol. The lowest BCUT2D eigenvalue weighted by Crippen LogP contribution is -2.34. The first-order chi connectivity index (χ1) is 12.3. The van der Waals surface area contributed by atoms with E-state index in [-0.39, 0.29) is 17.3 Å². The molecule has 0 aliphatic carbocycles. The topological polar surface area (TPSA) is 86.5 Å². The van der Waals surface area contributed by atoms with Crippen LogP contribution in [-0.2, 0) is 6.42 Å². The lowest BCUT2D eigenvalue weighted by atomic mass is 10.1. The Morgan fingerprint density at radius 2 is 1.77 bits per heavy atom. The standard InChI is InChI=1S/C19H23N3O3S/c1-12(2)24-16-10-15(18(23)22-19(20)26)11-17(21-16)25-13(3)9-14-7-5-4-6-8-14/h4-8,10-13H,9H2,1-3H3,(H3,20,22,23,26). The predicted molar refractivity (Wildman–Crippen MR) is 104 cm³/mol. The molecule has 1 unspecified atom stereocenters. The molecule has 0 saturated carbocycles. The fourth-order valence-electron chi connectivity index (χ4n) is 2.35. The van der Waals surface area contributed by atoms with Crippen LogP contribution in [0.5, 0.6) is 11.8 Å². The smallest absolute Gasteiger partial charge is 0.257 e. The van der Waals surface area contributed by atoms with Crippen LogP contribution >= 0.6 is 12.2 Å². The number of aromatic nitrogens is 1. The van der Waals surface area contributed by atoms with Crippen LogP contribution in [0.4, 0.5) is 0 Å². The first-order valence-corrected chi connectivity index (χ1v) is 8.74. The summed E-state index contributed by atoms with van der Waals surface area (Å²) in [4.78, 5) is 16.5. The number of carbonyl (C=O) groups is 1. The van der Waals surface area contributed by atoms with Crippen LogP contribution in [0, 0.1) is 0 Å². The van der Waals surface area contributed by atoms with Crippen molar-refractivity contribution in [1.29, 1.82) is 0 Å². The third-order valence-corrected chi connectivity index (χ3v) is 3.42. The van der Waals surface area contributed by atoms with Crippen LogP contribution in [0.3, 0.4) is 0 Å². The van der Waals surface area contributed by atoms with Crippen LogP contribution < -0.4 is 20.5 Å². The quantitative estimate of drug-likeness (QED) is 0.726. The summed E-state index contributed by atoms with van der Waals surface area (Å²) in [7, 11) is 0. The van der Waals surface area contributed by atoms with Gasteiger partial charge in [0.25, 0.3) is 5.91 Å². The highest BCUT2D eigenvalue weighted by atomic mass is 32.1. The van der Waals surface area contributed by atoms with Gasteiger partial charge < -0.3 is 15.2 Å². The van der Waals surface area contributed by atoms with Crippen molar-refractivity contribution in [3.8, 4) is 11.8 Å². The Hall–Kier alpha value is -2.67. The van der Waals surface area contributed by atoms with Crippen LogP contribution in [0.25, 0.3) is 0 Å².